The van der Waals surface area contributed by atoms with Gasteiger partial charge >= 0.3 is 5.97 Å². The first kappa shape index (κ1) is 11.8. The lowest BCUT2D eigenvalue weighted by Gasteiger charge is -2.24. The van der Waals surface area contributed by atoms with Crippen molar-refractivity contribution in [3.8, 4) is 0 Å². The van der Waals surface area contributed by atoms with Crippen LogP contribution in [-0.4, -0.2) is 16.6 Å². The van der Waals surface area contributed by atoms with E-state index in [1.165, 1.54) is 6.07 Å². The SMILES string of the molecule is CC(NC(C)(C)C)c1ccc(C(=O)O)o1. The number of furan rings is 1. The van der Waals surface area contributed by atoms with Crippen LogP contribution in [-0.2, 0) is 0 Å². The Hall–Kier alpha value is -1.29. The molecule has 4 nitrogen and oxygen atoms in total. The molecule has 0 radical (unpaired) electrons. The highest BCUT2D eigenvalue weighted by molar-refractivity contribution is 5.84. The molecular weight excluding hydrogens is 194 g/mol. The van der Waals surface area contributed by atoms with Crippen molar-refractivity contribution in [1.29, 1.82) is 0 Å². The maximum absolute atomic E-state index is 10.6. The smallest absolute Gasteiger partial charge is 0.371 e. The molecular formula is C11H17NO3. The summed E-state index contributed by atoms with van der Waals surface area (Å²) in [5.41, 5.74) is -0.0321. The number of carbonyl (C=O) groups is 1. The highest BCUT2D eigenvalue weighted by Crippen LogP contribution is 2.18. The number of hydrogen-bond acceptors (Lipinski definition) is 3. The van der Waals surface area contributed by atoms with Crippen LogP contribution in [0.15, 0.2) is 16.5 Å². The highest BCUT2D eigenvalue weighted by atomic mass is 16.4. The third-order valence-electron chi connectivity index (χ3n) is 1.91. The van der Waals surface area contributed by atoms with E-state index in [9.17, 15) is 4.79 Å². The minimum atomic E-state index is -1.04. The van der Waals surface area contributed by atoms with Gasteiger partial charge in [-0.3, -0.25) is 0 Å². The van der Waals surface area contributed by atoms with Crippen LogP contribution in [0.4, 0.5) is 0 Å². The van der Waals surface area contributed by atoms with E-state index in [0.717, 1.165) is 0 Å². The number of nitrogens with one attached hydrogen (secondary N) is 1. The molecule has 0 aliphatic carbocycles. The Morgan fingerprint density at radius 3 is 2.47 bits per heavy atom. The van der Waals surface area contributed by atoms with Crippen molar-refractivity contribution in [1.82, 2.24) is 5.32 Å². The van der Waals surface area contributed by atoms with Gasteiger partial charge in [-0.25, -0.2) is 4.79 Å². The Balaban J connectivity index is 2.74. The predicted octanol–water partition coefficient (Wildman–Crippen LogP) is 2.43. The minimum Gasteiger partial charge on any atom is -0.475 e. The van der Waals surface area contributed by atoms with Crippen molar-refractivity contribution >= 4 is 5.97 Å². The maximum atomic E-state index is 10.6. The third-order valence-corrected chi connectivity index (χ3v) is 1.91. The van der Waals surface area contributed by atoms with Crippen LogP contribution in [0.5, 0.6) is 0 Å². The second kappa shape index (κ2) is 4.06. The fourth-order valence-electron chi connectivity index (χ4n) is 1.42. The molecule has 1 aromatic rings. The van der Waals surface area contributed by atoms with Crippen molar-refractivity contribution in [3.63, 3.8) is 0 Å². The zero-order valence-electron chi connectivity index (χ0n) is 9.50. The number of rotatable bonds is 3. The summed E-state index contributed by atoms with van der Waals surface area (Å²) < 4.78 is 5.19. The Morgan fingerprint density at radius 2 is 2.07 bits per heavy atom. The largest absolute Gasteiger partial charge is 0.475 e. The molecule has 0 bridgehead atoms. The summed E-state index contributed by atoms with van der Waals surface area (Å²) in [5.74, 6) is -0.418. The summed E-state index contributed by atoms with van der Waals surface area (Å²) in [7, 11) is 0. The second-order valence-electron chi connectivity index (χ2n) is 4.62. The molecule has 0 saturated heterocycles. The molecule has 1 atom stereocenters. The number of aromatic carboxylic acids is 1. The first-order chi connectivity index (χ1) is 6.79. The van der Waals surface area contributed by atoms with Gasteiger partial charge in [0.25, 0.3) is 0 Å². The molecule has 1 rings (SSSR count). The monoisotopic (exact) mass is 211 g/mol. The molecule has 0 aliphatic rings. The summed E-state index contributed by atoms with van der Waals surface area (Å²) in [5, 5.41) is 12.0. The third kappa shape index (κ3) is 3.40. The maximum Gasteiger partial charge on any atom is 0.371 e. The fraction of sp³-hybridized carbons (Fsp3) is 0.545. The van der Waals surface area contributed by atoms with Crippen LogP contribution in [0.3, 0.4) is 0 Å². The average Bonchev–Trinajstić information content (AvgIpc) is 2.47. The predicted molar refractivity (Wildman–Crippen MR) is 57.0 cm³/mol. The van der Waals surface area contributed by atoms with Gasteiger partial charge in [0.2, 0.25) is 5.76 Å². The Bertz CT molecular complexity index is 349. The van der Waals surface area contributed by atoms with Crippen molar-refractivity contribution in [2.75, 3.05) is 0 Å². The van der Waals surface area contributed by atoms with E-state index in [0.29, 0.717) is 5.76 Å². The van der Waals surface area contributed by atoms with Gasteiger partial charge in [0.05, 0.1) is 6.04 Å². The van der Waals surface area contributed by atoms with Gasteiger partial charge < -0.3 is 14.8 Å². The van der Waals surface area contributed by atoms with E-state index >= 15 is 0 Å². The van der Waals surface area contributed by atoms with Gasteiger partial charge in [0.1, 0.15) is 5.76 Å². The molecule has 2 N–H and O–H groups in total. The first-order valence-corrected chi connectivity index (χ1v) is 4.90. The molecule has 1 heterocycles. The van der Waals surface area contributed by atoms with Crippen molar-refractivity contribution < 1.29 is 14.3 Å². The molecule has 15 heavy (non-hydrogen) atoms. The second-order valence-corrected chi connectivity index (χ2v) is 4.62. The quantitative estimate of drug-likeness (QED) is 0.806. The van der Waals surface area contributed by atoms with E-state index in [4.69, 9.17) is 9.52 Å². The minimum absolute atomic E-state index is 0.00176. The van der Waals surface area contributed by atoms with E-state index in [-0.39, 0.29) is 17.3 Å². The van der Waals surface area contributed by atoms with Gasteiger partial charge in [-0.2, -0.15) is 0 Å². The van der Waals surface area contributed by atoms with Crippen molar-refractivity contribution in [3.05, 3.63) is 23.7 Å². The van der Waals surface area contributed by atoms with Crippen LogP contribution >= 0.6 is 0 Å². The van der Waals surface area contributed by atoms with E-state index in [1.54, 1.807) is 6.07 Å². The molecule has 0 spiro atoms. The van der Waals surface area contributed by atoms with Gasteiger partial charge in [-0.1, -0.05) is 0 Å². The van der Waals surface area contributed by atoms with Crippen molar-refractivity contribution in [2.45, 2.75) is 39.3 Å². The number of carboxylic acid groups (broad SMARTS) is 1. The zero-order valence-corrected chi connectivity index (χ0v) is 9.50. The highest BCUT2D eigenvalue weighted by Gasteiger charge is 2.18. The standard InChI is InChI=1S/C11H17NO3/c1-7(12-11(2,3)4)8-5-6-9(15-8)10(13)14/h5-7,12H,1-4H3,(H,13,14). The molecule has 0 aromatic carbocycles. The molecule has 1 aromatic heterocycles. The lowest BCUT2D eigenvalue weighted by atomic mass is 10.1. The summed E-state index contributed by atoms with van der Waals surface area (Å²) in [4.78, 5) is 10.6. The lowest BCUT2D eigenvalue weighted by molar-refractivity contribution is 0.0659. The van der Waals surface area contributed by atoms with E-state index in [2.05, 4.69) is 5.32 Å². The van der Waals surface area contributed by atoms with Gasteiger partial charge in [0, 0.05) is 5.54 Å². The summed E-state index contributed by atoms with van der Waals surface area (Å²) >= 11 is 0. The van der Waals surface area contributed by atoms with Crippen LogP contribution < -0.4 is 5.32 Å². The molecule has 0 amide bonds. The van der Waals surface area contributed by atoms with Gasteiger partial charge in [0.15, 0.2) is 0 Å². The van der Waals surface area contributed by atoms with E-state index in [1.807, 2.05) is 27.7 Å². The number of hydrogen-bond donors (Lipinski definition) is 2. The average molecular weight is 211 g/mol. The fourth-order valence-corrected chi connectivity index (χ4v) is 1.42. The van der Waals surface area contributed by atoms with Crippen LogP contribution in [0.1, 0.15) is 50.1 Å². The normalized spacial score (nSPS) is 13.9. The summed E-state index contributed by atoms with van der Waals surface area (Å²) in [6.45, 7) is 8.08. The molecule has 4 heteroatoms. The first-order valence-electron chi connectivity index (χ1n) is 4.90. The molecule has 0 saturated carbocycles. The van der Waals surface area contributed by atoms with Crippen molar-refractivity contribution in [2.24, 2.45) is 0 Å². The van der Waals surface area contributed by atoms with Gasteiger partial charge in [-0.15, -0.1) is 0 Å². The molecule has 1 unspecified atom stereocenters. The van der Waals surface area contributed by atoms with Gasteiger partial charge in [-0.05, 0) is 39.8 Å². The lowest BCUT2D eigenvalue weighted by Crippen LogP contribution is -2.37. The van der Waals surface area contributed by atoms with E-state index < -0.39 is 5.97 Å². The summed E-state index contributed by atoms with van der Waals surface area (Å²) in [6, 6.07) is 3.16. The van der Waals surface area contributed by atoms with Crippen LogP contribution in [0.2, 0.25) is 0 Å². The molecule has 0 fully saturated rings. The van der Waals surface area contributed by atoms with Crippen LogP contribution in [0, 0.1) is 0 Å². The van der Waals surface area contributed by atoms with Crippen LogP contribution in [0.25, 0.3) is 0 Å². The number of carboxylic acids is 1. The molecule has 0 aliphatic heterocycles. The zero-order chi connectivity index (χ0) is 11.6. The Kier molecular flexibility index (Phi) is 3.19. The Labute approximate surface area is 89.3 Å². The summed E-state index contributed by atoms with van der Waals surface area (Å²) in [6.07, 6.45) is 0. The Morgan fingerprint density at radius 1 is 1.47 bits per heavy atom. The topological polar surface area (TPSA) is 62.5 Å². The molecule has 84 valence electrons.